The molecule has 0 spiro atoms. The van der Waals surface area contributed by atoms with Gasteiger partial charge in [-0.1, -0.05) is 19.1 Å². The van der Waals surface area contributed by atoms with Crippen LogP contribution in [0.25, 0.3) is 10.9 Å². The lowest BCUT2D eigenvalue weighted by atomic mass is 9.95. The van der Waals surface area contributed by atoms with E-state index >= 15 is 0 Å². The van der Waals surface area contributed by atoms with Gasteiger partial charge in [0, 0.05) is 11.1 Å². The van der Waals surface area contributed by atoms with Gasteiger partial charge in [-0.3, -0.25) is 4.98 Å². The lowest BCUT2D eigenvalue weighted by molar-refractivity contribution is 0.595. The van der Waals surface area contributed by atoms with Crippen molar-refractivity contribution in [1.29, 1.82) is 0 Å². The Labute approximate surface area is 109 Å². The van der Waals surface area contributed by atoms with Gasteiger partial charge in [0.15, 0.2) is 0 Å². The molecule has 1 aromatic carbocycles. The summed E-state index contributed by atoms with van der Waals surface area (Å²) in [5, 5.41) is 1.28. The van der Waals surface area contributed by atoms with Crippen molar-refractivity contribution < 1.29 is 0 Å². The predicted octanol–water partition coefficient (Wildman–Crippen LogP) is 3.30. The Morgan fingerprint density at radius 3 is 2.61 bits per heavy atom. The minimum atomic E-state index is 0.511. The van der Waals surface area contributed by atoms with Crippen LogP contribution in [0, 0.1) is 26.7 Å². The second kappa shape index (κ2) is 5.07. The van der Waals surface area contributed by atoms with E-state index in [4.69, 9.17) is 10.7 Å². The van der Waals surface area contributed by atoms with E-state index in [1.807, 2.05) is 0 Å². The summed E-state index contributed by atoms with van der Waals surface area (Å²) in [6, 6.07) is 6.58. The molecule has 1 aromatic heterocycles. The fourth-order valence-corrected chi connectivity index (χ4v) is 2.37. The Morgan fingerprint density at radius 2 is 1.94 bits per heavy atom. The van der Waals surface area contributed by atoms with E-state index in [9.17, 15) is 0 Å². The van der Waals surface area contributed by atoms with Crippen LogP contribution in [0.5, 0.6) is 0 Å². The molecule has 0 aliphatic carbocycles. The van der Waals surface area contributed by atoms with Crippen LogP contribution in [-0.2, 0) is 6.42 Å². The lowest BCUT2D eigenvalue weighted by Gasteiger charge is -2.14. The molecule has 1 heterocycles. The SMILES string of the molecule is Cc1cc(CC(C)CN)c2ccc(C)c(C)c2n1. The fraction of sp³-hybridized carbons (Fsp3) is 0.438. The maximum atomic E-state index is 5.74. The molecular formula is C16H22N2. The highest BCUT2D eigenvalue weighted by Crippen LogP contribution is 2.25. The summed E-state index contributed by atoms with van der Waals surface area (Å²) in [7, 11) is 0. The largest absolute Gasteiger partial charge is 0.330 e. The Kier molecular flexibility index (Phi) is 3.67. The first kappa shape index (κ1) is 13.0. The minimum Gasteiger partial charge on any atom is -0.330 e. The lowest BCUT2D eigenvalue weighted by Crippen LogP contribution is -2.13. The van der Waals surface area contributed by atoms with Crippen molar-refractivity contribution in [2.75, 3.05) is 6.54 Å². The molecule has 0 aliphatic rings. The van der Waals surface area contributed by atoms with Crippen LogP contribution >= 0.6 is 0 Å². The van der Waals surface area contributed by atoms with Crippen molar-refractivity contribution in [3.63, 3.8) is 0 Å². The van der Waals surface area contributed by atoms with E-state index in [-0.39, 0.29) is 0 Å². The van der Waals surface area contributed by atoms with Crippen LogP contribution in [0.2, 0.25) is 0 Å². The quantitative estimate of drug-likeness (QED) is 0.897. The number of fused-ring (bicyclic) bond motifs is 1. The van der Waals surface area contributed by atoms with Crippen LogP contribution in [0.3, 0.4) is 0 Å². The Bertz CT molecular complexity index is 573. The summed E-state index contributed by atoms with van der Waals surface area (Å²) in [5.41, 5.74) is 11.9. The standard InChI is InChI=1S/C16H22N2/c1-10(9-17)7-14-8-12(3)18-16-13(4)11(2)5-6-15(14)16/h5-6,8,10H,7,9,17H2,1-4H3. The van der Waals surface area contributed by atoms with Crippen LogP contribution in [0.15, 0.2) is 18.2 Å². The first-order valence-corrected chi connectivity index (χ1v) is 6.59. The number of pyridine rings is 1. The van der Waals surface area contributed by atoms with Crippen molar-refractivity contribution in [2.45, 2.75) is 34.1 Å². The Morgan fingerprint density at radius 1 is 1.22 bits per heavy atom. The van der Waals surface area contributed by atoms with Gasteiger partial charge < -0.3 is 5.73 Å². The molecule has 2 heteroatoms. The summed E-state index contributed by atoms with van der Waals surface area (Å²) in [4.78, 5) is 4.70. The van der Waals surface area contributed by atoms with Gasteiger partial charge in [0.2, 0.25) is 0 Å². The van der Waals surface area contributed by atoms with E-state index in [0.717, 1.165) is 24.2 Å². The number of benzene rings is 1. The van der Waals surface area contributed by atoms with Gasteiger partial charge in [0.1, 0.15) is 0 Å². The summed E-state index contributed by atoms with van der Waals surface area (Å²) in [5.74, 6) is 0.511. The monoisotopic (exact) mass is 242 g/mol. The molecule has 96 valence electrons. The number of rotatable bonds is 3. The van der Waals surface area contributed by atoms with E-state index in [1.165, 1.54) is 22.1 Å². The van der Waals surface area contributed by atoms with Crippen molar-refractivity contribution in [2.24, 2.45) is 11.7 Å². The van der Waals surface area contributed by atoms with E-state index in [1.54, 1.807) is 0 Å². The molecule has 0 fully saturated rings. The van der Waals surface area contributed by atoms with Gasteiger partial charge in [-0.05, 0) is 62.4 Å². The molecule has 0 saturated heterocycles. The Balaban J connectivity index is 2.63. The molecule has 2 rings (SSSR count). The normalized spacial score (nSPS) is 12.9. The third-order valence-corrected chi connectivity index (χ3v) is 3.69. The molecule has 0 bridgehead atoms. The highest BCUT2D eigenvalue weighted by Gasteiger charge is 2.10. The number of hydrogen-bond acceptors (Lipinski definition) is 2. The van der Waals surface area contributed by atoms with Crippen molar-refractivity contribution >= 4 is 10.9 Å². The van der Waals surface area contributed by atoms with Crippen LogP contribution in [-0.4, -0.2) is 11.5 Å². The number of hydrogen-bond donors (Lipinski definition) is 1. The number of nitrogens with zero attached hydrogens (tertiary/aromatic N) is 1. The predicted molar refractivity (Wildman–Crippen MR) is 77.9 cm³/mol. The molecule has 0 amide bonds. The highest BCUT2D eigenvalue weighted by molar-refractivity contribution is 5.86. The molecule has 1 atom stereocenters. The fourth-order valence-electron chi connectivity index (χ4n) is 2.37. The zero-order valence-corrected chi connectivity index (χ0v) is 11.7. The highest BCUT2D eigenvalue weighted by atomic mass is 14.7. The zero-order chi connectivity index (χ0) is 13.3. The van der Waals surface area contributed by atoms with Gasteiger partial charge in [0.05, 0.1) is 5.52 Å². The van der Waals surface area contributed by atoms with Crippen molar-refractivity contribution in [3.8, 4) is 0 Å². The third-order valence-electron chi connectivity index (χ3n) is 3.69. The van der Waals surface area contributed by atoms with Gasteiger partial charge in [0.25, 0.3) is 0 Å². The summed E-state index contributed by atoms with van der Waals surface area (Å²) < 4.78 is 0. The Hall–Kier alpha value is -1.41. The van der Waals surface area contributed by atoms with E-state index in [0.29, 0.717) is 5.92 Å². The van der Waals surface area contributed by atoms with Crippen molar-refractivity contribution in [3.05, 3.63) is 40.6 Å². The first-order valence-electron chi connectivity index (χ1n) is 6.59. The number of aryl methyl sites for hydroxylation is 3. The molecule has 18 heavy (non-hydrogen) atoms. The minimum absolute atomic E-state index is 0.511. The van der Waals surface area contributed by atoms with Crippen LogP contribution in [0.1, 0.15) is 29.3 Å². The third kappa shape index (κ3) is 2.39. The summed E-state index contributed by atoms with van der Waals surface area (Å²) in [6.45, 7) is 9.29. The molecular weight excluding hydrogens is 220 g/mol. The number of aromatic nitrogens is 1. The van der Waals surface area contributed by atoms with Gasteiger partial charge >= 0.3 is 0 Å². The average molecular weight is 242 g/mol. The molecule has 0 radical (unpaired) electrons. The summed E-state index contributed by atoms with van der Waals surface area (Å²) in [6.07, 6.45) is 1.03. The topological polar surface area (TPSA) is 38.9 Å². The van der Waals surface area contributed by atoms with Gasteiger partial charge in [-0.25, -0.2) is 0 Å². The maximum Gasteiger partial charge on any atom is 0.0739 e. The molecule has 0 saturated carbocycles. The first-order chi connectivity index (χ1) is 8.52. The van der Waals surface area contributed by atoms with E-state index in [2.05, 4.69) is 45.9 Å². The van der Waals surface area contributed by atoms with Gasteiger partial charge in [-0.2, -0.15) is 0 Å². The molecule has 2 N–H and O–H groups in total. The average Bonchev–Trinajstić information content (AvgIpc) is 2.34. The summed E-state index contributed by atoms with van der Waals surface area (Å²) >= 11 is 0. The zero-order valence-electron chi connectivity index (χ0n) is 11.7. The smallest absolute Gasteiger partial charge is 0.0739 e. The van der Waals surface area contributed by atoms with Crippen LogP contribution in [0.4, 0.5) is 0 Å². The van der Waals surface area contributed by atoms with Gasteiger partial charge in [-0.15, -0.1) is 0 Å². The number of nitrogens with two attached hydrogens (primary N) is 1. The molecule has 2 nitrogen and oxygen atoms in total. The maximum absolute atomic E-state index is 5.74. The van der Waals surface area contributed by atoms with Crippen LogP contribution < -0.4 is 5.73 Å². The second-order valence-corrected chi connectivity index (χ2v) is 5.37. The molecule has 2 aromatic rings. The molecule has 0 aliphatic heterocycles. The second-order valence-electron chi connectivity index (χ2n) is 5.37. The van der Waals surface area contributed by atoms with E-state index < -0.39 is 0 Å². The molecule has 1 unspecified atom stereocenters. The van der Waals surface area contributed by atoms with Crippen molar-refractivity contribution in [1.82, 2.24) is 4.98 Å².